The van der Waals surface area contributed by atoms with E-state index in [-0.39, 0.29) is 0 Å². The lowest BCUT2D eigenvalue weighted by Crippen LogP contribution is -1.92. The fourth-order valence-electron chi connectivity index (χ4n) is 0.979. The van der Waals surface area contributed by atoms with E-state index in [9.17, 15) is 0 Å². The molecule has 0 aromatic heterocycles. The van der Waals surface area contributed by atoms with Gasteiger partial charge in [0.15, 0.2) is 0 Å². The van der Waals surface area contributed by atoms with Gasteiger partial charge >= 0.3 is 20.4 Å². The molecule has 0 rings (SSSR count). The summed E-state index contributed by atoms with van der Waals surface area (Å²) < 4.78 is 3.14. The lowest BCUT2D eigenvalue weighted by atomic mass is 10.2. The maximum atomic E-state index is 2.32. The Morgan fingerprint density at radius 2 is 1.89 bits per heavy atom. The van der Waals surface area contributed by atoms with E-state index in [0.29, 0.717) is 20.4 Å². The molecule has 0 atom stereocenters. The largest absolute Gasteiger partial charge is 0.364 e. The zero-order valence-electron chi connectivity index (χ0n) is 7.11. The van der Waals surface area contributed by atoms with Crippen LogP contribution in [0.2, 0.25) is 9.10 Å². The molecule has 0 fully saturated rings. The van der Waals surface area contributed by atoms with Crippen molar-refractivity contribution in [2.24, 2.45) is 5.92 Å². The van der Waals surface area contributed by atoms with E-state index in [1.54, 1.807) is 9.10 Å². The van der Waals surface area contributed by atoms with Gasteiger partial charge in [-0.15, -0.1) is 9.10 Å². The van der Waals surface area contributed by atoms with Gasteiger partial charge in [-0.3, -0.25) is 0 Å². The van der Waals surface area contributed by atoms with Crippen LogP contribution in [0.25, 0.3) is 0 Å². The molecule has 0 aliphatic carbocycles. The summed E-state index contributed by atoms with van der Waals surface area (Å²) in [6.07, 6.45) is 2.90. The van der Waals surface area contributed by atoms with Crippen LogP contribution in [0.4, 0.5) is 0 Å². The standard InChI is InChI=1S/C5H11.C3H7.Mg/c1-4-5(2)3;1-3-2;/h5H,1,4H2,2-3H3;1,3H2,2H3;. The first-order valence-electron chi connectivity index (χ1n) is 4.27. The highest BCUT2D eigenvalue weighted by molar-refractivity contribution is 6.35. The third-order valence-electron chi connectivity index (χ3n) is 1.64. The predicted molar refractivity (Wildman–Crippen MR) is 45.1 cm³/mol. The molecule has 0 heterocycles. The summed E-state index contributed by atoms with van der Waals surface area (Å²) in [5, 5.41) is 0. The van der Waals surface area contributed by atoms with Crippen molar-refractivity contribution in [3.63, 3.8) is 0 Å². The van der Waals surface area contributed by atoms with Gasteiger partial charge in [0, 0.05) is 0 Å². The normalized spacial score (nSPS) is 9.78. The van der Waals surface area contributed by atoms with Crippen LogP contribution in [0.3, 0.4) is 0 Å². The van der Waals surface area contributed by atoms with Gasteiger partial charge in [0.2, 0.25) is 0 Å². The van der Waals surface area contributed by atoms with Crippen LogP contribution in [0, 0.1) is 5.92 Å². The van der Waals surface area contributed by atoms with Crippen LogP contribution in [0.15, 0.2) is 0 Å². The Morgan fingerprint density at radius 1 is 1.22 bits per heavy atom. The lowest BCUT2D eigenvalue weighted by Gasteiger charge is -2.00. The molecule has 0 bridgehead atoms. The summed E-state index contributed by atoms with van der Waals surface area (Å²) >= 11 is 0.368. The van der Waals surface area contributed by atoms with Gasteiger partial charge in [0.25, 0.3) is 0 Å². The zero-order chi connectivity index (χ0) is 7.11. The summed E-state index contributed by atoms with van der Waals surface area (Å²) in [6.45, 7) is 6.93. The monoisotopic (exact) mass is 138 g/mol. The second-order valence-corrected chi connectivity index (χ2v) is 5.36. The first kappa shape index (κ1) is 9.77. The number of rotatable bonds is 5. The van der Waals surface area contributed by atoms with Crippen LogP contribution in [-0.2, 0) is 0 Å². The molecular formula is C8H18Mg. The number of hydrogen-bond acceptors (Lipinski definition) is 0. The lowest BCUT2D eigenvalue weighted by molar-refractivity contribution is 0.623. The summed E-state index contributed by atoms with van der Waals surface area (Å²) in [4.78, 5) is 0. The van der Waals surface area contributed by atoms with Crippen molar-refractivity contribution < 1.29 is 0 Å². The van der Waals surface area contributed by atoms with Crippen LogP contribution < -0.4 is 0 Å². The fraction of sp³-hybridized carbons (Fsp3) is 1.00. The van der Waals surface area contributed by atoms with E-state index in [0.717, 1.165) is 5.92 Å². The Kier molecular flexibility index (Phi) is 7.47. The van der Waals surface area contributed by atoms with Gasteiger partial charge in [-0.05, 0) is 5.92 Å². The Hall–Kier alpha value is 0.766. The van der Waals surface area contributed by atoms with Crippen LogP contribution in [-0.4, -0.2) is 20.4 Å². The molecule has 0 nitrogen and oxygen atoms in total. The van der Waals surface area contributed by atoms with Crippen molar-refractivity contribution in [1.29, 1.82) is 0 Å². The first-order chi connectivity index (χ1) is 4.27. The minimum atomic E-state index is 0.368. The molecule has 0 aromatic carbocycles. The van der Waals surface area contributed by atoms with E-state index in [4.69, 9.17) is 0 Å². The van der Waals surface area contributed by atoms with E-state index in [2.05, 4.69) is 20.8 Å². The maximum absolute atomic E-state index is 2.32. The van der Waals surface area contributed by atoms with Crippen molar-refractivity contribution in [1.82, 2.24) is 0 Å². The summed E-state index contributed by atoms with van der Waals surface area (Å²) in [6, 6.07) is 0. The Labute approximate surface area is 69.1 Å². The van der Waals surface area contributed by atoms with E-state index >= 15 is 0 Å². The van der Waals surface area contributed by atoms with Gasteiger partial charge in [-0.2, -0.15) is 0 Å². The molecular weight excluding hydrogens is 120 g/mol. The molecule has 0 aliphatic rings. The summed E-state index contributed by atoms with van der Waals surface area (Å²) in [7, 11) is 0. The molecule has 9 heavy (non-hydrogen) atoms. The van der Waals surface area contributed by atoms with Gasteiger partial charge in [-0.25, -0.2) is 0 Å². The topological polar surface area (TPSA) is 0 Å². The summed E-state index contributed by atoms with van der Waals surface area (Å²) in [5.41, 5.74) is 0. The fourth-order valence-corrected chi connectivity index (χ4v) is 2.94. The second kappa shape index (κ2) is 6.88. The van der Waals surface area contributed by atoms with Gasteiger partial charge < -0.3 is 0 Å². The Bertz CT molecular complexity index is 50.5. The maximum Gasteiger partial charge on any atom is 0.364 e. The predicted octanol–water partition coefficient (Wildman–Crippen LogP) is 2.98. The molecule has 0 unspecified atom stereocenters. The van der Waals surface area contributed by atoms with Crippen LogP contribution >= 0.6 is 0 Å². The highest BCUT2D eigenvalue weighted by atomic mass is 24.5. The molecule has 1 heteroatoms. The van der Waals surface area contributed by atoms with E-state index in [1.165, 1.54) is 12.8 Å². The minimum absolute atomic E-state index is 0.368. The van der Waals surface area contributed by atoms with Crippen molar-refractivity contribution in [3.05, 3.63) is 0 Å². The quantitative estimate of drug-likeness (QED) is 0.405. The van der Waals surface area contributed by atoms with Crippen molar-refractivity contribution in [2.45, 2.75) is 42.7 Å². The Morgan fingerprint density at radius 3 is 2.33 bits per heavy atom. The molecule has 0 radical (unpaired) electrons. The third kappa shape index (κ3) is 8.77. The SMILES string of the molecule is CC[CH2][Mg][CH2]CC(C)C. The van der Waals surface area contributed by atoms with E-state index < -0.39 is 0 Å². The smallest absolute Gasteiger partial charge is 0.146 e. The average Bonchev–Trinajstić information content (AvgIpc) is 1.80. The zero-order valence-corrected chi connectivity index (χ0v) is 8.53. The van der Waals surface area contributed by atoms with Gasteiger partial charge in [-0.1, -0.05) is 33.6 Å². The second-order valence-electron chi connectivity index (χ2n) is 3.24. The molecule has 0 amide bonds. The molecule has 0 saturated heterocycles. The molecule has 0 aromatic rings. The van der Waals surface area contributed by atoms with Crippen LogP contribution in [0.1, 0.15) is 33.6 Å². The number of hydrogen-bond donors (Lipinski definition) is 0. The Balaban J connectivity index is 2.75. The highest BCUT2D eigenvalue weighted by Gasteiger charge is 1.95. The van der Waals surface area contributed by atoms with Gasteiger partial charge in [0.1, 0.15) is 0 Å². The van der Waals surface area contributed by atoms with Gasteiger partial charge in [0.05, 0.1) is 0 Å². The van der Waals surface area contributed by atoms with Crippen molar-refractivity contribution in [2.75, 3.05) is 0 Å². The minimum Gasteiger partial charge on any atom is -0.146 e. The first-order valence-corrected chi connectivity index (χ1v) is 6.27. The van der Waals surface area contributed by atoms with Crippen molar-refractivity contribution >= 4 is 20.4 Å². The molecule has 0 spiro atoms. The molecule has 52 valence electrons. The highest BCUT2D eigenvalue weighted by Crippen LogP contribution is 2.04. The summed E-state index contributed by atoms with van der Waals surface area (Å²) in [5.74, 6) is 0.939. The van der Waals surface area contributed by atoms with E-state index in [1.807, 2.05) is 0 Å². The molecule has 0 saturated carbocycles. The van der Waals surface area contributed by atoms with Crippen molar-refractivity contribution in [3.8, 4) is 0 Å². The molecule has 0 aliphatic heterocycles. The molecule has 0 N–H and O–H groups in total. The van der Waals surface area contributed by atoms with Crippen LogP contribution in [0.5, 0.6) is 0 Å². The third-order valence-corrected chi connectivity index (χ3v) is 3.75. The average molecular weight is 139 g/mol.